The van der Waals surface area contributed by atoms with Crippen LogP contribution in [0.2, 0.25) is 0 Å². The van der Waals surface area contributed by atoms with Crippen molar-refractivity contribution in [2.24, 2.45) is 0 Å². The molecule has 2 fully saturated rings. The van der Waals surface area contributed by atoms with Gasteiger partial charge >= 0.3 is 0 Å². The number of ether oxygens (including phenoxy) is 1. The van der Waals surface area contributed by atoms with Gasteiger partial charge in [-0.25, -0.2) is 14.3 Å². The molecule has 2 aliphatic heterocycles. The summed E-state index contributed by atoms with van der Waals surface area (Å²) in [6.45, 7) is 7.53. The fourth-order valence-corrected chi connectivity index (χ4v) is 3.84. The maximum absolute atomic E-state index is 12.6. The molecule has 4 heterocycles. The van der Waals surface area contributed by atoms with Crippen LogP contribution in [-0.2, 0) is 29.2 Å². The van der Waals surface area contributed by atoms with Crippen LogP contribution in [0.3, 0.4) is 0 Å². The number of likely N-dealkylation sites (tertiary alicyclic amines) is 1. The van der Waals surface area contributed by atoms with Crippen molar-refractivity contribution < 1.29 is 9.53 Å². The van der Waals surface area contributed by atoms with Gasteiger partial charge < -0.3 is 9.64 Å². The molecule has 2 aromatic rings. The molecule has 0 radical (unpaired) electrons. The maximum atomic E-state index is 12.6. The number of tetrazole rings is 1. The first kappa shape index (κ1) is 18.0. The second-order valence-corrected chi connectivity index (χ2v) is 7.12. The molecule has 0 bridgehead atoms. The molecule has 0 N–H and O–H groups in total. The standard InChI is InChI=1S/C16H25N9O2/c1-2-25-14(17-12-19-25)9-22-5-3-16(4-6-22)11-23(7-8-27-16)15(26)10-24-13-18-20-21-24/h12-13H,2-11H2,1H3. The van der Waals surface area contributed by atoms with E-state index >= 15 is 0 Å². The highest BCUT2D eigenvalue weighted by molar-refractivity contribution is 5.76. The highest BCUT2D eigenvalue weighted by Gasteiger charge is 2.41. The third kappa shape index (κ3) is 3.98. The van der Waals surface area contributed by atoms with E-state index in [4.69, 9.17) is 4.74 Å². The van der Waals surface area contributed by atoms with Crippen molar-refractivity contribution in [1.82, 2.24) is 44.8 Å². The van der Waals surface area contributed by atoms with E-state index in [9.17, 15) is 4.79 Å². The summed E-state index contributed by atoms with van der Waals surface area (Å²) in [7, 11) is 0. The van der Waals surface area contributed by atoms with E-state index in [2.05, 4.69) is 37.4 Å². The van der Waals surface area contributed by atoms with E-state index in [-0.39, 0.29) is 18.1 Å². The fraction of sp³-hybridized carbons (Fsp3) is 0.750. The lowest BCUT2D eigenvalue weighted by atomic mass is 9.89. The third-order valence-corrected chi connectivity index (χ3v) is 5.42. The van der Waals surface area contributed by atoms with Gasteiger partial charge in [0.25, 0.3) is 0 Å². The highest BCUT2D eigenvalue weighted by atomic mass is 16.5. The summed E-state index contributed by atoms with van der Waals surface area (Å²) in [5.74, 6) is 1.03. The topological polar surface area (TPSA) is 107 Å². The van der Waals surface area contributed by atoms with E-state index in [0.717, 1.165) is 44.8 Å². The van der Waals surface area contributed by atoms with Gasteiger partial charge in [-0.15, -0.1) is 5.10 Å². The van der Waals surface area contributed by atoms with Gasteiger partial charge in [0.05, 0.1) is 18.8 Å². The molecular formula is C16H25N9O2. The molecule has 146 valence electrons. The van der Waals surface area contributed by atoms with Crippen LogP contribution in [0.15, 0.2) is 12.7 Å². The van der Waals surface area contributed by atoms with E-state index < -0.39 is 0 Å². The second kappa shape index (κ2) is 7.69. The summed E-state index contributed by atoms with van der Waals surface area (Å²) >= 11 is 0. The van der Waals surface area contributed by atoms with Gasteiger partial charge in [-0.2, -0.15) is 5.10 Å². The van der Waals surface area contributed by atoms with Gasteiger partial charge in [-0.1, -0.05) is 0 Å². The molecule has 0 aliphatic carbocycles. The molecule has 0 saturated carbocycles. The first-order valence-electron chi connectivity index (χ1n) is 9.39. The summed E-state index contributed by atoms with van der Waals surface area (Å²) < 4.78 is 9.54. The molecule has 2 saturated heterocycles. The number of aryl methyl sites for hydroxylation is 1. The van der Waals surface area contributed by atoms with Crippen LogP contribution in [0, 0.1) is 0 Å². The molecule has 27 heavy (non-hydrogen) atoms. The van der Waals surface area contributed by atoms with Gasteiger partial charge in [0.1, 0.15) is 25.0 Å². The molecule has 1 amide bonds. The lowest BCUT2D eigenvalue weighted by Crippen LogP contribution is -2.58. The normalized spacial score (nSPS) is 20.3. The van der Waals surface area contributed by atoms with E-state index in [0.29, 0.717) is 19.7 Å². The average Bonchev–Trinajstić information content (AvgIpc) is 3.35. The molecule has 2 aliphatic rings. The van der Waals surface area contributed by atoms with Crippen LogP contribution in [0.4, 0.5) is 0 Å². The van der Waals surface area contributed by atoms with Crippen molar-refractivity contribution in [2.45, 2.75) is 45.0 Å². The van der Waals surface area contributed by atoms with Crippen molar-refractivity contribution in [3.63, 3.8) is 0 Å². The van der Waals surface area contributed by atoms with Crippen LogP contribution >= 0.6 is 0 Å². The summed E-state index contributed by atoms with van der Waals surface area (Å²) in [4.78, 5) is 21.2. The lowest BCUT2D eigenvalue weighted by Gasteiger charge is -2.47. The molecule has 11 nitrogen and oxygen atoms in total. The van der Waals surface area contributed by atoms with Crippen molar-refractivity contribution in [1.29, 1.82) is 0 Å². The number of piperidine rings is 1. The van der Waals surface area contributed by atoms with Gasteiger partial charge in [-0.3, -0.25) is 9.69 Å². The monoisotopic (exact) mass is 375 g/mol. The molecule has 4 rings (SSSR count). The molecular weight excluding hydrogens is 350 g/mol. The zero-order valence-electron chi connectivity index (χ0n) is 15.6. The van der Waals surface area contributed by atoms with E-state index in [1.165, 1.54) is 11.0 Å². The number of rotatable bonds is 5. The predicted octanol–water partition coefficient (Wildman–Crippen LogP) is -0.822. The van der Waals surface area contributed by atoms with Crippen LogP contribution in [0.1, 0.15) is 25.6 Å². The average molecular weight is 375 g/mol. The zero-order chi connectivity index (χ0) is 18.7. The first-order valence-corrected chi connectivity index (χ1v) is 9.39. The molecule has 2 aromatic heterocycles. The highest BCUT2D eigenvalue weighted by Crippen LogP contribution is 2.30. The smallest absolute Gasteiger partial charge is 0.244 e. The maximum Gasteiger partial charge on any atom is 0.244 e. The van der Waals surface area contributed by atoms with Crippen molar-refractivity contribution in [3.05, 3.63) is 18.5 Å². The SMILES string of the molecule is CCn1ncnc1CN1CCC2(CC1)CN(C(=O)Cn1cnnn1)CCO2. The first-order chi connectivity index (χ1) is 13.2. The number of aromatic nitrogens is 7. The number of nitrogens with zero attached hydrogens (tertiary/aromatic N) is 9. The molecule has 0 aromatic carbocycles. The minimum absolute atomic E-state index is 0.0310. The second-order valence-electron chi connectivity index (χ2n) is 7.12. The van der Waals surface area contributed by atoms with Gasteiger partial charge in [-0.05, 0) is 30.2 Å². The lowest BCUT2D eigenvalue weighted by molar-refractivity contribution is -0.160. The molecule has 11 heteroatoms. The number of amides is 1. The molecule has 0 unspecified atom stereocenters. The van der Waals surface area contributed by atoms with Crippen molar-refractivity contribution >= 4 is 5.91 Å². The number of hydrogen-bond acceptors (Lipinski definition) is 8. The van der Waals surface area contributed by atoms with Crippen LogP contribution in [0.5, 0.6) is 0 Å². The quantitative estimate of drug-likeness (QED) is 0.667. The Hall–Kier alpha value is -2.40. The summed E-state index contributed by atoms with van der Waals surface area (Å²) in [6.07, 6.45) is 4.88. The Morgan fingerprint density at radius 1 is 1.30 bits per heavy atom. The third-order valence-electron chi connectivity index (χ3n) is 5.42. The van der Waals surface area contributed by atoms with Gasteiger partial charge in [0.15, 0.2) is 0 Å². The fourth-order valence-electron chi connectivity index (χ4n) is 3.84. The Kier molecular flexibility index (Phi) is 5.12. The van der Waals surface area contributed by atoms with E-state index in [1.54, 1.807) is 6.33 Å². The Morgan fingerprint density at radius 2 is 2.15 bits per heavy atom. The number of carbonyl (C=O) groups excluding carboxylic acids is 1. The predicted molar refractivity (Wildman–Crippen MR) is 93.3 cm³/mol. The van der Waals surface area contributed by atoms with E-state index in [1.807, 2.05) is 9.58 Å². The minimum Gasteiger partial charge on any atom is -0.371 e. The van der Waals surface area contributed by atoms with Gasteiger partial charge in [0, 0.05) is 32.7 Å². The summed E-state index contributed by atoms with van der Waals surface area (Å²) in [6, 6.07) is 0. The van der Waals surface area contributed by atoms with Crippen LogP contribution < -0.4 is 0 Å². The number of morpholine rings is 1. The van der Waals surface area contributed by atoms with Crippen LogP contribution in [0.25, 0.3) is 0 Å². The van der Waals surface area contributed by atoms with Crippen LogP contribution in [-0.4, -0.2) is 89.1 Å². The number of carbonyl (C=O) groups is 1. The Balaban J connectivity index is 1.32. The minimum atomic E-state index is -0.247. The summed E-state index contributed by atoms with van der Waals surface area (Å²) in [5.41, 5.74) is -0.247. The molecule has 1 spiro atoms. The number of hydrogen-bond donors (Lipinski definition) is 0. The Morgan fingerprint density at radius 3 is 2.89 bits per heavy atom. The molecule has 0 atom stereocenters. The van der Waals surface area contributed by atoms with Crippen molar-refractivity contribution in [2.75, 3.05) is 32.8 Å². The summed E-state index contributed by atoms with van der Waals surface area (Å²) in [5, 5.41) is 15.2. The zero-order valence-corrected chi connectivity index (χ0v) is 15.6. The Labute approximate surface area is 157 Å². The van der Waals surface area contributed by atoms with Gasteiger partial charge in [0.2, 0.25) is 5.91 Å². The Bertz CT molecular complexity index is 752. The largest absolute Gasteiger partial charge is 0.371 e. The van der Waals surface area contributed by atoms with Crippen molar-refractivity contribution in [3.8, 4) is 0 Å².